The summed E-state index contributed by atoms with van der Waals surface area (Å²) >= 11 is 6.82. The van der Waals surface area contributed by atoms with Crippen LogP contribution in [0.5, 0.6) is 0 Å². The Balaban J connectivity index is 2.55. The Morgan fingerprint density at radius 2 is 2.12 bits per heavy atom. The first-order chi connectivity index (χ1) is 7.50. The van der Waals surface area contributed by atoms with Crippen molar-refractivity contribution in [2.24, 2.45) is 0 Å². The number of thiophene rings is 1. The summed E-state index contributed by atoms with van der Waals surface area (Å²) in [5.74, 6) is 0. The van der Waals surface area contributed by atoms with Gasteiger partial charge in [-0.05, 0) is 44.6 Å². The number of nitrogens with one attached hydrogen (secondary N) is 2. The highest BCUT2D eigenvalue weighted by atomic mass is 32.1. The average Bonchev–Trinajstić information content (AvgIpc) is 2.70. The van der Waals surface area contributed by atoms with Crippen LogP contribution in [0.15, 0.2) is 10.9 Å². The minimum atomic E-state index is -0.194. The molecule has 2 aromatic heterocycles. The van der Waals surface area contributed by atoms with Gasteiger partial charge in [-0.2, -0.15) is 0 Å². The normalized spacial score (nSPS) is 12.9. The van der Waals surface area contributed by atoms with E-state index in [1.54, 1.807) is 15.9 Å². The van der Waals surface area contributed by atoms with Crippen LogP contribution in [0.2, 0.25) is 0 Å². The Bertz CT molecular complexity index is 589. The molecule has 0 saturated carbocycles. The molecular formula is C10H13N3OS2. The lowest BCUT2D eigenvalue weighted by molar-refractivity contribution is 0.608. The van der Waals surface area contributed by atoms with Crippen LogP contribution >= 0.6 is 23.6 Å². The molecule has 0 amide bonds. The number of aromatic nitrogens is 3. The van der Waals surface area contributed by atoms with Crippen LogP contribution in [0.4, 0.5) is 0 Å². The number of hydrogen-bond donors (Lipinski definition) is 2. The zero-order chi connectivity index (χ0) is 11.9. The number of rotatable bonds is 2. The van der Waals surface area contributed by atoms with E-state index in [0.29, 0.717) is 4.77 Å². The molecule has 1 atom stereocenters. The predicted octanol–water partition coefficient (Wildman–Crippen LogP) is 2.52. The second-order valence-corrected chi connectivity index (χ2v) is 5.62. The molecule has 0 aliphatic heterocycles. The zero-order valence-electron chi connectivity index (χ0n) is 9.33. The van der Waals surface area contributed by atoms with Crippen molar-refractivity contribution in [3.63, 3.8) is 0 Å². The third kappa shape index (κ3) is 1.78. The van der Waals surface area contributed by atoms with Gasteiger partial charge < -0.3 is 0 Å². The standard InChI is InChI=1S/C10H13N3OS2/c1-5-4-8(7(3)16-5)6(2)13-9(14)11-12-10(13)15/h4,6H,1-3H3,(H,11,14)(H,12,15). The summed E-state index contributed by atoms with van der Waals surface area (Å²) in [5.41, 5.74) is 0.962. The highest BCUT2D eigenvalue weighted by Gasteiger charge is 2.15. The Morgan fingerprint density at radius 3 is 2.56 bits per heavy atom. The minimum Gasteiger partial charge on any atom is -0.272 e. The van der Waals surface area contributed by atoms with Crippen molar-refractivity contribution in [2.75, 3.05) is 0 Å². The summed E-state index contributed by atoms with van der Waals surface area (Å²) < 4.78 is 1.99. The summed E-state index contributed by atoms with van der Waals surface area (Å²) in [7, 11) is 0. The molecule has 2 N–H and O–H groups in total. The lowest BCUT2D eigenvalue weighted by Gasteiger charge is -2.11. The second-order valence-electron chi connectivity index (χ2n) is 3.77. The molecule has 2 heterocycles. The van der Waals surface area contributed by atoms with Crippen molar-refractivity contribution in [1.29, 1.82) is 0 Å². The lowest BCUT2D eigenvalue weighted by Crippen LogP contribution is -2.21. The fraction of sp³-hybridized carbons (Fsp3) is 0.400. The molecule has 0 saturated heterocycles. The zero-order valence-corrected chi connectivity index (χ0v) is 11.0. The molecule has 2 rings (SSSR count). The number of nitrogens with zero attached hydrogens (tertiary/aromatic N) is 1. The second kappa shape index (κ2) is 4.03. The smallest absolute Gasteiger partial charge is 0.272 e. The van der Waals surface area contributed by atoms with E-state index in [1.165, 1.54) is 9.75 Å². The van der Waals surface area contributed by atoms with E-state index in [0.717, 1.165) is 5.56 Å². The van der Waals surface area contributed by atoms with Gasteiger partial charge in [0.15, 0.2) is 4.77 Å². The van der Waals surface area contributed by atoms with Crippen molar-refractivity contribution in [3.05, 3.63) is 36.6 Å². The molecule has 16 heavy (non-hydrogen) atoms. The molecule has 4 nitrogen and oxygen atoms in total. The Hall–Kier alpha value is -1.14. The van der Waals surface area contributed by atoms with E-state index in [1.807, 2.05) is 6.92 Å². The fourth-order valence-electron chi connectivity index (χ4n) is 1.88. The van der Waals surface area contributed by atoms with Crippen LogP contribution < -0.4 is 5.69 Å². The van der Waals surface area contributed by atoms with E-state index in [9.17, 15) is 4.79 Å². The fourth-order valence-corrected chi connectivity index (χ4v) is 3.18. The van der Waals surface area contributed by atoms with Crippen molar-refractivity contribution in [3.8, 4) is 0 Å². The number of hydrogen-bond acceptors (Lipinski definition) is 3. The van der Waals surface area contributed by atoms with E-state index in [-0.39, 0.29) is 11.7 Å². The van der Waals surface area contributed by atoms with E-state index < -0.39 is 0 Å². The molecule has 0 fully saturated rings. The summed E-state index contributed by atoms with van der Waals surface area (Å²) in [6.07, 6.45) is 0. The van der Waals surface area contributed by atoms with Gasteiger partial charge in [-0.1, -0.05) is 0 Å². The van der Waals surface area contributed by atoms with Gasteiger partial charge in [0.1, 0.15) is 0 Å². The van der Waals surface area contributed by atoms with Gasteiger partial charge in [0, 0.05) is 9.75 Å². The predicted molar refractivity (Wildman–Crippen MR) is 67.8 cm³/mol. The maximum Gasteiger partial charge on any atom is 0.342 e. The number of aryl methyl sites for hydroxylation is 2. The van der Waals surface area contributed by atoms with Crippen molar-refractivity contribution < 1.29 is 0 Å². The van der Waals surface area contributed by atoms with Gasteiger partial charge in [-0.3, -0.25) is 9.67 Å². The van der Waals surface area contributed by atoms with Gasteiger partial charge in [-0.15, -0.1) is 11.3 Å². The van der Waals surface area contributed by atoms with E-state index in [2.05, 4.69) is 30.1 Å². The minimum absolute atomic E-state index is 0.0348. The lowest BCUT2D eigenvalue weighted by atomic mass is 10.1. The van der Waals surface area contributed by atoms with Gasteiger partial charge in [0.05, 0.1) is 6.04 Å². The maximum atomic E-state index is 11.6. The first kappa shape index (κ1) is 11.3. The highest BCUT2D eigenvalue weighted by Crippen LogP contribution is 2.27. The Kier molecular flexibility index (Phi) is 2.86. The molecule has 0 bridgehead atoms. The van der Waals surface area contributed by atoms with Crippen LogP contribution in [0.1, 0.15) is 28.3 Å². The Morgan fingerprint density at radius 1 is 1.44 bits per heavy atom. The molecular weight excluding hydrogens is 242 g/mol. The van der Waals surface area contributed by atoms with E-state index >= 15 is 0 Å². The molecule has 0 aliphatic rings. The molecule has 2 aromatic rings. The maximum absolute atomic E-state index is 11.6. The first-order valence-corrected chi connectivity index (χ1v) is 6.19. The largest absolute Gasteiger partial charge is 0.342 e. The van der Waals surface area contributed by atoms with Crippen molar-refractivity contribution in [1.82, 2.24) is 14.8 Å². The van der Waals surface area contributed by atoms with Gasteiger partial charge >= 0.3 is 5.69 Å². The van der Waals surface area contributed by atoms with E-state index in [4.69, 9.17) is 12.2 Å². The van der Waals surface area contributed by atoms with Gasteiger partial charge in [0.25, 0.3) is 0 Å². The van der Waals surface area contributed by atoms with Gasteiger partial charge in [0.2, 0.25) is 0 Å². The van der Waals surface area contributed by atoms with Gasteiger partial charge in [-0.25, -0.2) is 9.89 Å². The molecule has 1 unspecified atom stereocenters. The van der Waals surface area contributed by atoms with Crippen molar-refractivity contribution in [2.45, 2.75) is 26.8 Å². The van der Waals surface area contributed by atoms with Crippen LogP contribution in [0, 0.1) is 18.6 Å². The monoisotopic (exact) mass is 255 g/mol. The topological polar surface area (TPSA) is 53.6 Å². The molecule has 0 aliphatic carbocycles. The van der Waals surface area contributed by atoms with Crippen LogP contribution in [-0.2, 0) is 0 Å². The summed E-state index contributed by atoms with van der Waals surface area (Å²) in [6.45, 7) is 6.11. The third-order valence-corrected chi connectivity index (χ3v) is 3.91. The SMILES string of the molecule is Cc1cc(C(C)n2c(=O)[nH][nH]c2=S)c(C)s1. The molecule has 0 aromatic carbocycles. The molecule has 0 spiro atoms. The molecule has 6 heteroatoms. The summed E-state index contributed by atoms with van der Waals surface area (Å²) in [4.78, 5) is 14.1. The van der Waals surface area contributed by atoms with Crippen LogP contribution in [-0.4, -0.2) is 14.8 Å². The number of aromatic amines is 2. The average molecular weight is 255 g/mol. The number of H-pyrrole nitrogens is 2. The highest BCUT2D eigenvalue weighted by molar-refractivity contribution is 7.71. The van der Waals surface area contributed by atoms with Crippen LogP contribution in [0.3, 0.4) is 0 Å². The first-order valence-electron chi connectivity index (χ1n) is 4.97. The quantitative estimate of drug-likeness (QED) is 0.810. The third-order valence-electron chi connectivity index (χ3n) is 2.63. The summed E-state index contributed by atoms with van der Waals surface area (Å²) in [6, 6.07) is 2.08. The van der Waals surface area contributed by atoms with Crippen molar-refractivity contribution >= 4 is 23.6 Å². The summed E-state index contributed by atoms with van der Waals surface area (Å²) in [5, 5.41) is 5.15. The molecule has 0 radical (unpaired) electrons. The molecule has 86 valence electrons. The Labute approximate surface area is 102 Å². The van der Waals surface area contributed by atoms with Crippen LogP contribution in [0.25, 0.3) is 0 Å².